The van der Waals surface area contributed by atoms with Gasteiger partial charge < -0.3 is 9.64 Å². The second-order valence-electron chi connectivity index (χ2n) is 8.53. The summed E-state index contributed by atoms with van der Waals surface area (Å²) in [5.41, 5.74) is 3.79. The van der Waals surface area contributed by atoms with Crippen molar-refractivity contribution < 1.29 is 4.74 Å². The number of tetrazole rings is 1. The first-order chi connectivity index (χ1) is 15.3. The van der Waals surface area contributed by atoms with Crippen molar-refractivity contribution in [2.45, 2.75) is 38.5 Å². The maximum absolute atomic E-state index is 5.85. The number of benzene rings is 2. The molecule has 2 aliphatic rings. The zero-order valence-electron chi connectivity index (χ0n) is 18.1. The topological polar surface area (TPSA) is 59.3 Å². The lowest BCUT2D eigenvalue weighted by molar-refractivity contribution is 0.0906. The van der Waals surface area contributed by atoms with Crippen molar-refractivity contribution in [3.05, 3.63) is 71.5 Å². The molecule has 2 aliphatic heterocycles. The van der Waals surface area contributed by atoms with Crippen LogP contribution < -0.4 is 4.90 Å². The van der Waals surface area contributed by atoms with E-state index in [2.05, 4.69) is 86.8 Å². The van der Waals surface area contributed by atoms with Gasteiger partial charge in [0.2, 0.25) is 0 Å². The Labute approximate surface area is 183 Å². The molecule has 0 N–H and O–H groups in total. The average molecular weight is 419 g/mol. The average Bonchev–Trinajstić information content (AvgIpc) is 3.49. The van der Waals surface area contributed by atoms with Crippen LogP contribution in [0, 0.1) is 6.92 Å². The molecule has 3 heterocycles. The van der Waals surface area contributed by atoms with E-state index in [1.807, 2.05) is 4.68 Å². The number of anilines is 1. The fourth-order valence-corrected chi connectivity index (χ4v) is 4.67. The summed E-state index contributed by atoms with van der Waals surface area (Å²) in [4.78, 5) is 4.97. The molecule has 0 bridgehead atoms. The molecule has 7 nitrogen and oxygen atoms in total. The van der Waals surface area contributed by atoms with Crippen LogP contribution in [0.3, 0.4) is 0 Å². The minimum atomic E-state index is 0.0370. The lowest BCUT2D eigenvalue weighted by atomic mass is 10.0. The third kappa shape index (κ3) is 4.48. The van der Waals surface area contributed by atoms with Crippen molar-refractivity contribution >= 4 is 5.69 Å². The van der Waals surface area contributed by atoms with E-state index in [0.717, 1.165) is 51.5 Å². The number of hydrogen-bond donors (Lipinski definition) is 0. The Hall–Kier alpha value is -2.77. The molecule has 7 heteroatoms. The monoisotopic (exact) mass is 418 g/mol. The fraction of sp³-hybridized carbons (Fsp3) is 0.458. The highest BCUT2D eigenvalue weighted by Gasteiger charge is 2.31. The van der Waals surface area contributed by atoms with E-state index in [0.29, 0.717) is 6.54 Å². The molecule has 2 aromatic carbocycles. The first-order valence-corrected chi connectivity index (χ1v) is 11.3. The highest BCUT2D eigenvalue weighted by molar-refractivity contribution is 5.46. The maximum Gasteiger partial charge on any atom is 0.173 e. The number of para-hydroxylation sites is 1. The Morgan fingerprint density at radius 2 is 1.77 bits per heavy atom. The van der Waals surface area contributed by atoms with E-state index >= 15 is 0 Å². The van der Waals surface area contributed by atoms with E-state index in [9.17, 15) is 0 Å². The number of nitrogens with zero attached hydrogens (tertiary/aromatic N) is 6. The van der Waals surface area contributed by atoms with E-state index < -0.39 is 0 Å². The largest absolute Gasteiger partial charge is 0.376 e. The Bertz CT molecular complexity index is 959. The van der Waals surface area contributed by atoms with Gasteiger partial charge >= 0.3 is 0 Å². The van der Waals surface area contributed by atoms with Crippen LogP contribution in [0.1, 0.15) is 35.8 Å². The van der Waals surface area contributed by atoms with Gasteiger partial charge in [-0.25, -0.2) is 4.68 Å². The zero-order chi connectivity index (χ0) is 21.0. The second kappa shape index (κ2) is 9.16. The predicted octanol–water partition coefficient (Wildman–Crippen LogP) is 3.07. The molecule has 5 rings (SSSR count). The van der Waals surface area contributed by atoms with Gasteiger partial charge in [0, 0.05) is 38.5 Å². The first kappa shape index (κ1) is 20.2. The highest BCUT2D eigenvalue weighted by atomic mass is 16.5. The Morgan fingerprint density at radius 1 is 1.00 bits per heavy atom. The normalized spacial score (nSPS) is 20.8. The van der Waals surface area contributed by atoms with E-state index in [-0.39, 0.29) is 12.1 Å². The summed E-state index contributed by atoms with van der Waals surface area (Å²) < 4.78 is 7.82. The number of aryl methyl sites for hydroxylation is 1. The molecule has 31 heavy (non-hydrogen) atoms. The Kier molecular flexibility index (Phi) is 5.95. The van der Waals surface area contributed by atoms with Crippen molar-refractivity contribution in [1.82, 2.24) is 25.1 Å². The summed E-state index contributed by atoms with van der Waals surface area (Å²) in [6.07, 6.45) is 2.39. The molecule has 1 aromatic heterocycles. The van der Waals surface area contributed by atoms with Crippen LogP contribution in [-0.4, -0.2) is 64.0 Å². The molecule has 2 atom stereocenters. The zero-order valence-corrected chi connectivity index (χ0v) is 18.1. The van der Waals surface area contributed by atoms with Crippen LogP contribution in [0.2, 0.25) is 0 Å². The molecule has 3 aromatic rings. The fourth-order valence-electron chi connectivity index (χ4n) is 4.67. The highest BCUT2D eigenvalue weighted by Crippen LogP contribution is 2.30. The van der Waals surface area contributed by atoms with Gasteiger partial charge in [0.05, 0.1) is 18.7 Å². The molecule has 2 fully saturated rings. The smallest absolute Gasteiger partial charge is 0.173 e. The summed E-state index contributed by atoms with van der Waals surface area (Å²) >= 11 is 0. The molecular formula is C24H30N6O. The molecule has 0 radical (unpaired) electrons. The number of rotatable bonds is 6. The van der Waals surface area contributed by atoms with Crippen LogP contribution in [0.15, 0.2) is 54.6 Å². The number of ether oxygens (including phenoxy) is 1. The SMILES string of the molecule is Cc1ccc([C@H](c2nnnn2C[C@H]2CCCO2)N2CCN(c3ccccc3)CC2)cc1. The number of hydrogen-bond acceptors (Lipinski definition) is 6. The minimum absolute atomic E-state index is 0.0370. The molecule has 0 amide bonds. The van der Waals surface area contributed by atoms with E-state index in [1.54, 1.807) is 0 Å². The van der Waals surface area contributed by atoms with Crippen LogP contribution in [-0.2, 0) is 11.3 Å². The number of aromatic nitrogens is 4. The van der Waals surface area contributed by atoms with Gasteiger partial charge in [0.25, 0.3) is 0 Å². The van der Waals surface area contributed by atoms with Crippen LogP contribution >= 0.6 is 0 Å². The van der Waals surface area contributed by atoms with Gasteiger partial charge in [0.1, 0.15) is 0 Å². The molecule has 0 saturated carbocycles. The van der Waals surface area contributed by atoms with Gasteiger partial charge in [-0.05, 0) is 47.9 Å². The third-order valence-electron chi connectivity index (χ3n) is 6.40. The lowest BCUT2D eigenvalue weighted by Gasteiger charge is -2.40. The van der Waals surface area contributed by atoms with E-state index in [1.165, 1.54) is 16.8 Å². The summed E-state index contributed by atoms with van der Waals surface area (Å²) in [6, 6.07) is 19.5. The molecule has 2 saturated heterocycles. The Balaban J connectivity index is 1.40. The quantitative estimate of drug-likeness (QED) is 0.613. The molecule has 0 spiro atoms. The summed E-state index contributed by atoms with van der Waals surface area (Å²) in [6.45, 7) is 7.57. The van der Waals surface area contributed by atoms with E-state index in [4.69, 9.17) is 4.74 Å². The second-order valence-corrected chi connectivity index (χ2v) is 8.53. The molecule has 0 unspecified atom stereocenters. The molecular weight excluding hydrogens is 388 g/mol. The molecule has 0 aliphatic carbocycles. The van der Waals surface area contributed by atoms with Crippen molar-refractivity contribution in [2.24, 2.45) is 0 Å². The van der Waals surface area contributed by atoms with Crippen LogP contribution in [0.5, 0.6) is 0 Å². The van der Waals surface area contributed by atoms with Gasteiger partial charge in [-0.3, -0.25) is 4.90 Å². The Morgan fingerprint density at radius 3 is 2.48 bits per heavy atom. The third-order valence-corrected chi connectivity index (χ3v) is 6.40. The summed E-state index contributed by atoms with van der Waals surface area (Å²) in [7, 11) is 0. The first-order valence-electron chi connectivity index (χ1n) is 11.3. The minimum Gasteiger partial charge on any atom is -0.376 e. The van der Waals surface area contributed by atoms with Crippen LogP contribution in [0.25, 0.3) is 0 Å². The number of piperazine rings is 1. The lowest BCUT2D eigenvalue weighted by Crippen LogP contribution is -2.48. The van der Waals surface area contributed by atoms with Gasteiger partial charge in [-0.1, -0.05) is 48.0 Å². The van der Waals surface area contributed by atoms with Crippen molar-refractivity contribution in [3.8, 4) is 0 Å². The van der Waals surface area contributed by atoms with Gasteiger partial charge in [-0.2, -0.15) is 0 Å². The predicted molar refractivity (Wildman–Crippen MR) is 120 cm³/mol. The van der Waals surface area contributed by atoms with Crippen molar-refractivity contribution in [1.29, 1.82) is 0 Å². The van der Waals surface area contributed by atoms with Gasteiger partial charge in [-0.15, -0.1) is 5.10 Å². The summed E-state index contributed by atoms with van der Waals surface area (Å²) in [5.74, 6) is 0.910. The van der Waals surface area contributed by atoms with Gasteiger partial charge in [0.15, 0.2) is 5.82 Å². The summed E-state index contributed by atoms with van der Waals surface area (Å²) in [5, 5.41) is 12.9. The van der Waals surface area contributed by atoms with Crippen LogP contribution in [0.4, 0.5) is 5.69 Å². The maximum atomic E-state index is 5.85. The van der Waals surface area contributed by atoms with Crippen molar-refractivity contribution in [3.63, 3.8) is 0 Å². The molecule has 162 valence electrons. The standard InChI is InChI=1S/C24H30N6O/c1-19-9-11-20(12-10-19)23(24-25-26-27-30(24)18-22-8-5-17-31-22)29-15-13-28(14-16-29)21-6-3-2-4-7-21/h2-4,6-7,9-12,22-23H,5,8,13-18H2,1H3/t22-,23-/m1/s1. The van der Waals surface area contributed by atoms with Crippen molar-refractivity contribution in [2.75, 3.05) is 37.7 Å².